The second kappa shape index (κ2) is 13.4. The van der Waals surface area contributed by atoms with Gasteiger partial charge < -0.3 is 29.7 Å². The number of fused-ring (bicyclic) bond motifs is 2. The van der Waals surface area contributed by atoms with Gasteiger partial charge in [-0.25, -0.2) is 4.68 Å². The van der Waals surface area contributed by atoms with Crippen molar-refractivity contribution in [3.63, 3.8) is 0 Å². The molecule has 45 heavy (non-hydrogen) atoms. The monoisotopic (exact) mass is 686 g/mol. The predicted octanol–water partition coefficient (Wildman–Crippen LogP) is 1.55. The fourth-order valence-corrected chi connectivity index (χ4v) is 7.75. The van der Waals surface area contributed by atoms with Gasteiger partial charge >= 0.3 is 5.97 Å². The van der Waals surface area contributed by atoms with Crippen LogP contribution in [0.4, 0.5) is 0 Å². The van der Waals surface area contributed by atoms with Crippen LogP contribution in [-0.2, 0) is 35.3 Å². The number of halogens is 1. The minimum atomic E-state index is -1.34. The van der Waals surface area contributed by atoms with Crippen LogP contribution in [0.5, 0.6) is 0 Å². The van der Waals surface area contributed by atoms with Crippen LogP contribution >= 0.6 is 15.9 Å². The number of likely N-dealkylation sites (tertiary alicyclic amines) is 1. The largest absolute Gasteiger partial charge is 0.460 e. The van der Waals surface area contributed by atoms with Crippen molar-refractivity contribution < 1.29 is 33.8 Å². The molecule has 3 aliphatic heterocycles. The van der Waals surface area contributed by atoms with E-state index in [0.717, 1.165) is 5.52 Å². The van der Waals surface area contributed by atoms with Crippen LogP contribution in [0, 0.1) is 11.8 Å². The number of para-hydroxylation sites is 1. The first kappa shape index (κ1) is 32.8. The van der Waals surface area contributed by atoms with Gasteiger partial charge in [-0.3, -0.25) is 19.2 Å². The normalized spacial score (nSPS) is 28.0. The summed E-state index contributed by atoms with van der Waals surface area (Å²) in [6.45, 7) is 10.6. The van der Waals surface area contributed by atoms with Crippen molar-refractivity contribution in [3.05, 3.63) is 49.6 Å². The Bertz CT molecular complexity index is 1480. The number of aliphatic hydroxyl groups is 1. The van der Waals surface area contributed by atoms with Crippen LogP contribution in [0.15, 0.2) is 49.6 Å². The van der Waals surface area contributed by atoms with E-state index in [9.17, 15) is 24.3 Å². The third-order valence-corrected chi connectivity index (χ3v) is 9.68. The predicted molar refractivity (Wildman–Crippen MR) is 167 cm³/mol. The Morgan fingerprint density at radius 1 is 1.29 bits per heavy atom. The van der Waals surface area contributed by atoms with Crippen molar-refractivity contribution in [3.8, 4) is 0 Å². The van der Waals surface area contributed by atoms with E-state index in [1.807, 2.05) is 24.3 Å². The van der Waals surface area contributed by atoms with E-state index in [0.29, 0.717) is 18.4 Å². The minimum absolute atomic E-state index is 0.0286. The highest BCUT2D eigenvalue weighted by molar-refractivity contribution is 9.09. The second-order valence-electron chi connectivity index (χ2n) is 11.9. The average molecular weight is 688 g/mol. The molecule has 14 heteroatoms. The molecule has 4 heterocycles. The van der Waals surface area contributed by atoms with Crippen LogP contribution in [0.3, 0.4) is 0 Å². The van der Waals surface area contributed by atoms with E-state index in [1.54, 1.807) is 30.7 Å². The number of aliphatic hydroxyl groups excluding tert-OH is 1. The first-order chi connectivity index (χ1) is 21.6. The highest BCUT2D eigenvalue weighted by atomic mass is 79.9. The van der Waals surface area contributed by atoms with Gasteiger partial charge in [0.2, 0.25) is 17.7 Å². The number of rotatable bonds is 14. The Kier molecular flexibility index (Phi) is 9.75. The Labute approximate surface area is 269 Å². The number of amides is 3. The number of nitrogens with one attached hydrogen (secondary N) is 1. The molecule has 1 aromatic heterocycles. The summed E-state index contributed by atoms with van der Waals surface area (Å²) >= 11 is 3.65. The van der Waals surface area contributed by atoms with Gasteiger partial charge in [0.25, 0.3) is 0 Å². The van der Waals surface area contributed by atoms with E-state index in [1.165, 1.54) is 9.80 Å². The number of ether oxygens (including phenoxy) is 2. The lowest BCUT2D eigenvalue weighted by atomic mass is 9.70. The van der Waals surface area contributed by atoms with Gasteiger partial charge in [-0.1, -0.05) is 45.4 Å². The molecule has 2 N–H and O–H groups in total. The van der Waals surface area contributed by atoms with Crippen LogP contribution in [0.1, 0.15) is 33.1 Å². The summed E-state index contributed by atoms with van der Waals surface area (Å²) in [6, 6.07) is 5.50. The summed E-state index contributed by atoms with van der Waals surface area (Å²) in [6.07, 6.45) is 2.95. The molecule has 5 rings (SSSR count). The van der Waals surface area contributed by atoms with Gasteiger partial charge in [0, 0.05) is 17.8 Å². The van der Waals surface area contributed by atoms with Gasteiger partial charge in [0.1, 0.15) is 29.9 Å². The zero-order valence-electron chi connectivity index (χ0n) is 25.4. The van der Waals surface area contributed by atoms with Crippen molar-refractivity contribution in [1.29, 1.82) is 0 Å². The molecule has 1 spiro atoms. The lowest BCUT2D eigenvalue weighted by Gasteiger charge is -2.38. The summed E-state index contributed by atoms with van der Waals surface area (Å²) in [7, 11) is 0. The van der Waals surface area contributed by atoms with Gasteiger partial charge in [0.15, 0.2) is 0 Å². The second-order valence-corrected chi connectivity index (χ2v) is 13.1. The maximum absolute atomic E-state index is 14.6. The van der Waals surface area contributed by atoms with E-state index < -0.39 is 66.1 Å². The molecule has 13 nitrogen and oxygen atoms in total. The Morgan fingerprint density at radius 3 is 2.76 bits per heavy atom. The summed E-state index contributed by atoms with van der Waals surface area (Å²) in [5.74, 6) is -3.69. The fraction of sp³-hybridized carbons (Fsp3) is 0.548. The minimum Gasteiger partial charge on any atom is -0.460 e. The average Bonchev–Trinajstić information content (AvgIpc) is 3.75. The molecule has 1 unspecified atom stereocenters. The van der Waals surface area contributed by atoms with Gasteiger partial charge in [0.05, 0.1) is 42.6 Å². The highest BCUT2D eigenvalue weighted by Gasteiger charge is 2.77. The lowest BCUT2D eigenvalue weighted by Crippen LogP contribution is -2.58. The van der Waals surface area contributed by atoms with Crippen LogP contribution in [-0.4, -0.2) is 108 Å². The van der Waals surface area contributed by atoms with Crippen LogP contribution < -0.4 is 5.32 Å². The van der Waals surface area contributed by atoms with Crippen molar-refractivity contribution in [2.45, 2.75) is 74.5 Å². The quantitative estimate of drug-likeness (QED) is 0.171. The maximum Gasteiger partial charge on any atom is 0.312 e. The molecule has 242 valence electrons. The van der Waals surface area contributed by atoms with E-state index in [-0.39, 0.29) is 36.9 Å². The molecule has 3 fully saturated rings. The third kappa shape index (κ3) is 5.90. The molecule has 3 saturated heterocycles. The molecule has 0 saturated carbocycles. The van der Waals surface area contributed by atoms with Crippen molar-refractivity contribution in [2.24, 2.45) is 11.8 Å². The molecule has 3 amide bonds. The highest BCUT2D eigenvalue weighted by Crippen LogP contribution is 2.60. The number of nitrogens with zero attached hydrogens (tertiary/aromatic N) is 5. The number of esters is 1. The number of aromatic nitrogens is 3. The zero-order chi connectivity index (χ0) is 32.5. The molecule has 0 radical (unpaired) electrons. The van der Waals surface area contributed by atoms with Gasteiger partial charge in [-0.05, 0) is 38.8 Å². The number of hydrogen-bond donors (Lipinski definition) is 2. The van der Waals surface area contributed by atoms with E-state index >= 15 is 0 Å². The molecule has 2 aromatic rings. The number of carbonyl (C=O) groups excluding carboxylic acids is 4. The number of carbonyl (C=O) groups is 4. The third-order valence-electron chi connectivity index (χ3n) is 8.84. The van der Waals surface area contributed by atoms with E-state index in [4.69, 9.17) is 9.47 Å². The van der Waals surface area contributed by atoms with Crippen molar-refractivity contribution in [1.82, 2.24) is 30.1 Å². The molecule has 2 bridgehead atoms. The molecular formula is C31H39BrN6O7. The van der Waals surface area contributed by atoms with Crippen molar-refractivity contribution >= 4 is 50.7 Å². The van der Waals surface area contributed by atoms with E-state index in [2.05, 4.69) is 44.7 Å². The summed E-state index contributed by atoms with van der Waals surface area (Å²) in [5.41, 5.74) is 0.0537. The number of alkyl halides is 1. The summed E-state index contributed by atoms with van der Waals surface area (Å²) in [4.78, 5) is 57.1. The fourth-order valence-electron chi connectivity index (χ4n) is 6.81. The number of benzene rings is 1. The maximum atomic E-state index is 14.6. The molecule has 0 aliphatic carbocycles. The number of allylic oxidation sites excluding steroid dienone is 1. The zero-order valence-corrected chi connectivity index (χ0v) is 27.0. The first-order valence-electron chi connectivity index (χ1n) is 15.1. The Morgan fingerprint density at radius 2 is 2.04 bits per heavy atom. The summed E-state index contributed by atoms with van der Waals surface area (Å²) in [5, 5.41) is 21.3. The molecule has 1 aromatic carbocycles. The smallest absolute Gasteiger partial charge is 0.312 e. The SMILES string of the molecule is C=CCCC(=O)NC[C@@H](C)OC(=O)[C@H]1[C@@H]2O[C@@]3(CC2Br)[C@@H]1C(=O)N([C@H](C)CO)[C@@H]3C(=O)N(CC=C)Cn1nnc2ccccc21. The first-order valence-corrected chi connectivity index (χ1v) is 16.0. The Hall–Kier alpha value is -3.62. The van der Waals surface area contributed by atoms with Crippen LogP contribution in [0.2, 0.25) is 0 Å². The molecular weight excluding hydrogens is 648 g/mol. The van der Waals surface area contributed by atoms with Crippen LogP contribution in [0.25, 0.3) is 11.0 Å². The lowest BCUT2D eigenvalue weighted by molar-refractivity contribution is -0.160. The van der Waals surface area contributed by atoms with Gasteiger partial charge in [-0.2, -0.15) is 0 Å². The summed E-state index contributed by atoms with van der Waals surface area (Å²) < 4.78 is 13.9. The number of hydrogen-bond acceptors (Lipinski definition) is 9. The standard InChI is InChI=1S/C31H39BrN6O7/c1-5-7-12-23(40)33-15-19(4)44-30(43)24-25-28(41)38(18(3)16-39)27(31(25)14-20(32)26(24)45-31)29(42)36(13-6-2)17-37-22-11-9-8-10-21(22)34-35-37/h5-6,8-11,18-20,24-27,39H,1-2,7,12-17H2,3-4H3,(H,33,40)/t18-,19-,20?,24-,25+,26-,27-,31+/m1/s1. The molecule has 8 atom stereocenters. The Balaban J connectivity index is 1.42. The van der Waals surface area contributed by atoms with Crippen molar-refractivity contribution in [2.75, 3.05) is 19.7 Å². The van der Waals surface area contributed by atoms with Gasteiger partial charge in [-0.15, -0.1) is 18.3 Å². The topological polar surface area (TPSA) is 156 Å². The molecule has 3 aliphatic rings.